The van der Waals surface area contributed by atoms with Crippen molar-refractivity contribution >= 4 is 22.6 Å². The number of para-hydroxylation sites is 1. The van der Waals surface area contributed by atoms with Gasteiger partial charge in [0.25, 0.3) is 0 Å². The van der Waals surface area contributed by atoms with Gasteiger partial charge in [0.2, 0.25) is 0 Å². The molecule has 0 amide bonds. The second kappa shape index (κ2) is 5.92. The molecule has 21 heavy (non-hydrogen) atoms. The van der Waals surface area contributed by atoms with Gasteiger partial charge >= 0.3 is 0 Å². The van der Waals surface area contributed by atoms with Crippen molar-refractivity contribution < 1.29 is 4.42 Å². The summed E-state index contributed by atoms with van der Waals surface area (Å²) in [5.41, 5.74) is 2.06. The van der Waals surface area contributed by atoms with E-state index in [1.807, 2.05) is 42.5 Å². The van der Waals surface area contributed by atoms with Gasteiger partial charge in [-0.25, -0.2) is 0 Å². The molecule has 0 fully saturated rings. The molecule has 1 aromatic heterocycles. The molecule has 0 spiro atoms. The van der Waals surface area contributed by atoms with Crippen molar-refractivity contribution in [2.45, 2.75) is 25.9 Å². The molecule has 0 radical (unpaired) electrons. The van der Waals surface area contributed by atoms with Gasteiger partial charge in [-0.3, -0.25) is 0 Å². The van der Waals surface area contributed by atoms with Gasteiger partial charge < -0.3 is 9.73 Å². The van der Waals surface area contributed by atoms with Crippen molar-refractivity contribution in [2.75, 3.05) is 0 Å². The predicted octanol–water partition coefficient (Wildman–Crippen LogP) is 5.17. The van der Waals surface area contributed by atoms with E-state index in [-0.39, 0.29) is 6.04 Å². The van der Waals surface area contributed by atoms with Crippen LogP contribution in [0.3, 0.4) is 0 Å². The van der Waals surface area contributed by atoms with Crippen molar-refractivity contribution in [1.82, 2.24) is 5.32 Å². The fourth-order valence-electron chi connectivity index (χ4n) is 2.48. The molecule has 3 heteroatoms. The normalized spacial score (nSPS) is 13.0. The van der Waals surface area contributed by atoms with Crippen molar-refractivity contribution in [3.8, 4) is 0 Å². The standard InChI is InChI=1S/C18H18ClNO/c1-12(2)20-18(13-7-9-15(19)10-8-13)17-11-14-5-3-4-6-16(14)21-17/h3-12,18,20H,1-2H3. The van der Waals surface area contributed by atoms with Gasteiger partial charge in [-0.15, -0.1) is 0 Å². The minimum atomic E-state index is 0.0228. The minimum absolute atomic E-state index is 0.0228. The highest BCUT2D eigenvalue weighted by Crippen LogP contribution is 2.29. The SMILES string of the molecule is CC(C)NC(c1ccc(Cl)cc1)c1cc2ccccc2o1. The number of benzene rings is 2. The number of nitrogens with one attached hydrogen (secondary N) is 1. The van der Waals surface area contributed by atoms with Crippen LogP contribution >= 0.6 is 11.6 Å². The van der Waals surface area contributed by atoms with Crippen LogP contribution < -0.4 is 5.32 Å². The fraction of sp³-hybridized carbons (Fsp3) is 0.222. The first-order valence-corrected chi connectivity index (χ1v) is 7.51. The Morgan fingerprint density at radius 1 is 1.00 bits per heavy atom. The summed E-state index contributed by atoms with van der Waals surface area (Å²) >= 11 is 5.99. The summed E-state index contributed by atoms with van der Waals surface area (Å²) < 4.78 is 6.02. The highest BCUT2D eigenvalue weighted by atomic mass is 35.5. The average molecular weight is 300 g/mol. The van der Waals surface area contributed by atoms with E-state index in [1.54, 1.807) is 0 Å². The maximum atomic E-state index is 6.02. The zero-order chi connectivity index (χ0) is 14.8. The second-order valence-electron chi connectivity index (χ2n) is 5.49. The van der Waals surface area contributed by atoms with Crippen LogP contribution in [0.2, 0.25) is 5.02 Å². The number of fused-ring (bicyclic) bond motifs is 1. The third kappa shape index (κ3) is 3.12. The number of halogens is 1. The highest BCUT2D eigenvalue weighted by Gasteiger charge is 2.19. The first-order valence-electron chi connectivity index (χ1n) is 7.13. The van der Waals surface area contributed by atoms with Crippen LogP contribution in [0.25, 0.3) is 11.0 Å². The lowest BCUT2D eigenvalue weighted by molar-refractivity contribution is 0.441. The van der Waals surface area contributed by atoms with Gasteiger partial charge in [-0.05, 0) is 43.7 Å². The monoisotopic (exact) mass is 299 g/mol. The lowest BCUT2D eigenvalue weighted by atomic mass is 10.0. The van der Waals surface area contributed by atoms with Gasteiger partial charge in [0, 0.05) is 16.5 Å². The van der Waals surface area contributed by atoms with Crippen LogP contribution in [0.15, 0.2) is 59.0 Å². The topological polar surface area (TPSA) is 25.2 Å². The zero-order valence-electron chi connectivity index (χ0n) is 12.1. The molecular formula is C18H18ClNO. The van der Waals surface area contributed by atoms with E-state index in [9.17, 15) is 0 Å². The van der Waals surface area contributed by atoms with Gasteiger partial charge in [-0.2, -0.15) is 0 Å². The van der Waals surface area contributed by atoms with Gasteiger partial charge in [0.05, 0.1) is 6.04 Å². The smallest absolute Gasteiger partial charge is 0.134 e. The highest BCUT2D eigenvalue weighted by molar-refractivity contribution is 6.30. The lowest BCUT2D eigenvalue weighted by Gasteiger charge is -2.19. The molecule has 3 aromatic rings. The van der Waals surface area contributed by atoms with E-state index in [0.29, 0.717) is 6.04 Å². The molecule has 0 saturated carbocycles. The van der Waals surface area contributed by atoms with Gasteiger partial charge in [-0.1, -0.05) is 41.9 Å². The average Bonchev–Trinajstić information content (AvgIpc) is 2.89. The molecule has 2 nitrogen and oxygen atoms in total. The van der Waals surface area contributed by atoms with E-state index in [2.05, 4.69) is 31.3 Å². The van der Waals surface area contributed by atoms with Crippen LogP contribution in [0.1, 0.15) is 31.2 Å². The van der Waals surface area contributed by atoms with Crippen LogP contribution in [-0.2, 0) is 0 Å². The van der Waals surface area contributed by atoms with E-state index < -0.39 is 0 Å². The quantitative estimate of drug-likeness (QED) is 0.718. The number of hydrogen-bond acceptors (Lipinski definition) is 2. The summed E-state index contributed by atoms with van der Waals surface area (Å²) in [6.45, 7) is 4.26. The molecule has 3 rings (SSSR count). The Morgan fingerprint density at radius 2 is 1.71 bits per heavy atom. The van der Waals surface area contributed by atoms with E-state index in [0.717, 1.165) is 27.3 Å². The molecule has 0 saturated heterocycles. The van der Waals surface area contributed by atoms with Gasteiger partial charge in [0.1, 0.15) is 11.3 Å². The second-order valence-corrected chi connectivity index (χ2v) is 5.93. The lowest BCUT2D eigenvalue weighted by Crippen LogP contribution is -2.28. The largest absolute Gasteiger partial charge is 0.459 e. The molecule has 0 aliphatic heterocycles. The molecule has 0 aliphatic rings. The first-order chi connectivity index (χ1) is 10.1. The summed E-state index contributed by atoms with van der Waals surface area (Å²) in [5, 5.41) is 5.42. The molecule has 1 N–H and O–H groups in total. The maximum absolute atomic E-state index is 6.02. The molecule has 2 aromatic carbocycles. The van der Waals surface area contributed by atoms with E-state index in [4.69, 9.17) is 16.0 Å². The summed E-state index contributed by atoms with van der Waals surface area (Å²) in [6.07, 6.45) is 0. The first kappa shape index (κ1) is 14.2. The molecule has 1 atom stereocenters. The Labute approximate surface area is 129 Å². The Balaban J connectivity index is 2.03. The van der Waals surface area contributed by atoms with Crippen molar-refractivity contribution in [2.24, 2.45) is 0 Å². The Morgan fingerprint density at radius 3 is 2.38 bits per heavy atom. The maximum Gasteiger partial charge on any atom is 0.134 e. The molecule has 0 bridgehead atoms. The minimum Gasteiger partial charge on any atom is -0.459 e. The number of rotatable bonds is 4. The van der Waals surface area contributed by atoms with Crippen LogP contribution in [0.5, 0.6) is 0 Å². The third-order valence-electron chi connectivity index (χ3n) is 3.43. The zero-order valence-corrected chi connectivity index (χ0v) is 12.9. The molecule has 1 heterocycles. The van der Waals surface area contributed by atoms with Crippen molar-refractivity contribution in [3.05, 3.63) is 70.9 Å². The Hall–Kier alpha value is -1.77. The van der Waals surface area contributed by atoms with E-state index >= 15 is 0 Å². The predicted molar refractivity (Wildman–Crippen MR) is 87.8 cm³/mol. The van der Waals surface area contributed by atoms with Gasteiger partial charge in [0.15, 0.2) is 0 Å². The Bertz CT molecular complexity index is 697. The van der Waals surface area contributed by atoms with Crippen molar-refractivity contribution in [1.29, 1.82) is 0 Å². The van der Waals surface area contributed by atoms with Crippen LogP contribution in [-0.4, -0.2) is 6.04 Å². The number of furan rings is 1. The third-order valence-corrected chi connectivity index (χ3v) is 3.68. The Kier molecular flexibility index (Phi) is 4.00. The summed E-state index contributed by atoms with van der Waals surface area (Å²) in [7, 11) is 0. The molecule has 0 aliphatic carbocycles. The molecule has 108 valence electrons. The van der Waals surface area contributed by atoms with E-state index in [1.165, 1.54) is 0 Å². The van der Waals surface area contributed by atoms with Crippen molar-refractivity contribution in [3.63, 3.8) is 0 Å². The van der Waals surface area contributed by atoms with Crippen LogP contribution in [0, 0.1) is 0 Å². The van der Waals surface area contributed by atoms with Crippen LogP contribution in [0.4, 0.5) is 0 Å². The molecular weight excluding hydrogens is 282 g/mol. The molecule has 1 unspecified atom stereocenters. The fourth-order valence-corrected chi connectivity index (χ4v) is 2.60. The summed E-state index contributed by atoms with van der Waals surface area (Å²) in [5.74, 6) is 0.923. The summed E-state index contributed by atoms with van der Waals surface area (Å²) in [4.78, 5) is 0. The summed E-state index contributed by atoms with van der Waals surface area (Å²) in [6, 6.07) is 18.4. The number of hydrogen-bond donors (Lipinski definition) is 1.